The average molecular weight is 413 g/mol. The molecule has 0 saturated heterocycles. The number of aliphatic hydroxyl groups excluding tert-OH is 2. The van der Waals surface area contributed by atoms with Crippen molar-refractivity contribution in [1.82, 2.24) is 0 Å². The van der Waals surface area contributed by atoms with E-state index in [9.17, 15) is 35.2 Å². The van der Waals surface area contributed by atoms with Crippen molar-refractivity contribution in [2.75, 3.05) is 0 Å². The maximum Gasteiger partial charge on any atom is 0.241 e. The van der Waals surface area contributed by atoms with E-state index in [2.05, 4.69) is 0 Å². The lowest BCUT2D eigenvalue weighted by Crippen LogP contribution is -2.42. The van der Waals surface area contributed by atoms with Crippen LogP contribution in [0, 0.1) is 20.2 Å². The second kappa shape index (κ2) is 16.8. The molecule has 0 fully saturated rings. The number of hydrogen-bond acceptors (Lipinski definition) is 7. The molecule has 2 N–H and O–H groups in total. The zero-order valence-electron chi connectivity index (χ0n) is 17.0. The van der Waals surface area contributed by atoms with Gasteiger partial charge in [0.05, 0.1) is 6.42 Å². The van der Waals surface area contributed by atoms with Gasteiger partial charge in [0.15, 0.2) is 6.29 Å². The molecule has 0 spiro atoms. The molecular formula is C20H33N2O7. The maximum absolute atomic E-state index is 11.3. The van der Waals surface area contributed by atoms with Crippen LogP contribution in [0.3, 0.4) is 0 Å². The average Bonchev–Trinajstić information content (AvgIpc) is 2.67. The summed E-state index contributed by atoms with van der Waals surface area (Å²) in [6.07, 6.45) is 10.3. The van der Waals surface area contributed by atoms with Gasteiger partial charge in [-0.1, -0.05) is 44.1 Å². The van der Waals surface area contributed by atoms with Gasteiger partial charge in [-0.3, -0.25) is 25.0 Å². The SMILES string of the molecule is CC/C=C\C/C=C\CC(O)C(CC(O)C(CCCCCC[C]=O)[N+](=O)[O-])[N+](=O)[O-]. The molecule has 0 rings (SSSR count). The number of rotatable bonds is 18. The van der Waals surface area contributed by atoms with Crippen molar-refractivity contribution in [2.45, 2.75) is 95.4 Å². The molecule has 0 aromatic heterocycles. The third-order valence-electron chi connectivity index (χ3n) is 4.66. The monoisotopic (exact) mass is 413 g/mol. The normalized spacial score (nSPS) is 16.0. The first kappa shape index (κ1) is 26.9. The van der Waals surface area contributed by atoms with Gasteiger partial charge < -0.3 is 10.2 Å². The Hall–Kier alpha value is -2.13. The molecule has 0 saturated carbocycles. The van der Waals surface area contributed by atoms with Crippen molar-refractivity contribution >= 4 is 6.29 Å². The highest BCUT2D eigenvalue weighted by molar-refractivity contribution is 5.50. The van der Waals surface area contributed by atoms with Crippen LogP contribution in [0.25, 0.3) is 0 Å². The molecule has 0 aromatic carbocycles. The van der Waals surface area contributed by atoms with Crippen molar-refractivity contribution in [2.24, 2.45) is 0 Å². The number of hydrogen-bond donors (Lipinski definition) is 2. The second-order valence-corrected chi connectivity index (χ2v) is 7.00. The van der Waals surface area contributed by atoms with Gasteiger partial charge in [-0.05, 0) is 32.1 Å². The largest absolute Gasteiger partial charge is 0.386 e. The number of aliphatic hydroxyl groups is 2. The van der Waals surface area contributed by atoms with Crippen molar-refractivity contribution in [3.05, 3.63) is 44.5 Å². The summed E-state index contributed by atoms with van der Waals surface area (Å²) in [7, 11) is 0. The highest BCUT2D eigenvalue weighted by atomic mass is 16.6. The molecule has 29 heavy (non-hydrogen) atoms. The first-order valence-corrected chi connectivity index (χ1v) is 10.1. The maximum atomic E-state index is 11.3. The molecule has 165 valence electrons. The van der Waals surface area contributed by atoms with Gasteiger partial charge in [0.25, 0.3) is 0 Å². The highest BCUT2D eigenvalue weighted by Gasteiger charge is 2.38. The van der Waals surface area contributed by atoms with Crippen LogP contribution in [0.15, 0.2) is 24.3 Å². The van der Waals surface area contributed by atoms with E-state index < -0.39 is 40.6 Å². The van der Waals surface area contributed by atoms with Crippen LogP contribution in [0.4, 0.5) is 0 Å². The minimum atomic E-state index is -1.52. The first-order valence-electron chi connectivity index (χ1n) is 10.1. The Balaban J connectivity index is 4.66. The fraction of sp³-hybridized carbons (Fsp3) is 0.750. The fourth-order valence-electron chi connectivity index (χ4n) is 2.96. The van der Waals surface area contributed by atoms with Gasteiger partial charge >= 0.3 is 0 Å². The van der Waals surface area contributed by atoms with Crippen LogP contribution in [0.2, 0.25) is 0 Å². The molecule has 0 aromatic rings. The Morgan fingerprint density at radius 3 is 2.10 bits per heavy atom. The number of allylic oxidation sites excluding steroid dienone is 3. The second-order valence-electron chi connectivity index (χ2n) is 7.00. The molecule has 0 bridgehead atoms. The van der Waals surface area contributed by atoms with Gasteiger partial charge in [-0.15, -0.1) is 0 Å². The van der Waals surface area contributed by atoms with Gasteiger partial charge in [-0.2, -0.15) is 0 Å². The van der Waals surface area contributed by atoms with Gasteiger partial charge in [0.1, 0.15) is 12.2 Å². The van der Waals surface area contributed by atoms with Gasteiger partial charge in [0.2, 0.25) is 12.1 Å². The Bertz CT molecular complexity index is 537. The van der Waals surface area contributed by atoms with Gasteiger partial charge in [0, 0.05) is 22.7 Å². The lowest BCUT2D eigenvalue weighted by molar-refractivity contribution is -0.554. The Morgan fingerprint density at radius 2 is 1.52 bits per heavy atom. The summed E-state index contributed by atoms with van der Waals surface area (Å²) in [5, 5.41) is 42.9. The third-order valence-corrected chi connectivity index (χ3v) is 4.66. The molecule has 0 aliphatic heterocycles. The van der Waals surface area contributed by atoms with Crippen LogP contribution in [0.1, 0.15) is 71.1 Å². The van der Waals surface area contributed by atoms with Crippen molar-refractivity contribution < 1.29 is 24.9 Å². The van der Waals surface area contributed by atoms with Crippen molar-refractivity contribution in [1.29, 1.82) is 0 Å². The predicted molar refractivity (Wildman–Crippen MR) is 109 cm³/mol. The molecule has 9 nitrogen and oxygen atoms in total. The Morgan fingerprint density at radius 1 is 0.897 bits per heavy atom. The fourth-order valence-corrected chi connectivity index (χ4v) is 2.96. The summed E-state index contributed by atoms with van der Waals surface area (Å²) in [6.45, 7) is 2.00. The van der Waals surface area contributed by atoms with E-state index in [0.29, 0.717) is 32.1 Å². The lowest BCUT2D eigenvalue weighted by atomic mass is 9.94. The van der Waals surface area contributed by atoms with Gasteiger partial charge in [-0.25, -0.2) is 0 Å². The van der Waals surface area contributed by atoms with Crippen LogP contribution in [-0.4, -0.2) is 50.6 Å². The Kier molecular flexibility index (Phi) is 15.6. The van der Waals surface area contributed by atoms with E-state index in [0.717, 1.165) is 12.8 Å². The van der Waals surface area contributed by atoms with E-state index >= 15 is 0 Å². The van der Waals surface area contributed by atoms with Crippen LogP contribution < -0.4 is 0 Å². The van der Waals surface area contributed by atoms with Crippen molar-refractivity contribution in [3.63, 3.8) is 0 Å². The predicted octanol–water partition coefficient (Wildman–Crippen LogP) is 3.14. The minimum Gasteiger partial charge on any atom is -0.386 e. The minimum absolute atomic E-state index is 0.0369. The van der Waals surface area contributed by atoms with E-state index in [1.165, 1.54) is 0 Å². The summed E-state index contributed by atoms with van der Waals surface area (Å²) in [5.41, 5.74) is 0. The molecular weight excluding hydrogens is 380 g/mol. The van der Waals surface area contributed by atoms with Crippen LogP contribution in [-0.2, 0) is 4.79 Å². The summed E-state index contributed by atoms with van der Waals surface area (Å²) in [4.78, 5) is 31.4. The number of nitrogens with zero attached hydrogens (tertiary/aromatic N) is 2. The zero-order chi connectivity index (χ0) is 22.1. The lowest BCUT2D eigenvalue weighted by Gasteiger charge is -2.20. The molecule has 0 heterocycles. The molecule has 0 aliphatic carbocycles. The Labute approximate surface area is 171 Å². The van der Waals surface area contributed by atoms with E-state index in [1.807, 2.05) is 19.1 Å². The highest BCUT2D eigenvalue weighted by Crippen LogP contribution is 2.18. The van der Waals surface area contributed by atoms with Crippen LogP contribution >= 0.6 is 0 Å². The summed E-state index contributed by atoms with van der Waals surface area (Å²) in [5.74, 6) is 0. The van der Waals surface area contributed by atoms with E-state index in [-0.39, 0.29) is 12.8 Å². The van der Waals surface area contributed by atoms with Crippen molar-refractivity contribution in [3.8, 4) is 0 Å². The van der Waals surface area contributed by atoms with Crippen LogP contribution in [0.5, 0.6) is 0 Å². The molecule has 9 heteroatoms. The summed E-state index contributed by atoms with van der Waals surface area (Å²) >= 11 is 0. The van der Waals surface area contributed by atoms with E-state index in [4.69, 9.17) is 0 Å². The molecule has 4 unspecified atom stereocenters. The topological polar surface area (TPSA) is 144 Å². The molecule has 1 radical (unpaired) electrons. The summed E-state index contributed by atoms with van der Waals surface area (Å²) < 4.78 is 0. The molecule has 0 aliphatic rings. The standard InChI is InChI=1S/C20H33N2O7/c1-2-3-4-5-8-11-14-19(24)18(22(28)29)16-20(25)17(21(26)27)13-10-7-6-9-12-15-23/h3-4,8,11,17-20,24-25H,2,5-7,9-10,12-14,16H2,1H3/b4-3-,11-8-. The number of carbonyl (C=O) groups excluding carboxylic acids is 1. The quantitative estimate of drug-likeness (QED) is 0.152. The van der Waals surface area contributed by atoms with E-state index in [1.54, 1.807) is 18.4 Å². The number of unbranched alkanes of at least 4 members (excludes halogenated alkanes) is 4. The third kappa shape index (κ3) is 12.8. The molecule has 4 atom stereocenters. The smallest absolute Gasteiger partial charge is 0.241 e. The molecule has 0 amide bonds. The first-order chi connectivity index (χ1) is 13.8. The zero-order valence-corrected chi connectivity index (χ0v) is 17.0. The summed E-state index contributed by atoms with van der Waals surface area (Å²) in [6, 6.07) is -2.80. The number of nitro groups is 2.